The van der Waals surface area contributed by atoms with E-state index >= 15 is 0 Å². The summed E-state index contributed by atoms with van der Waals surface area (Å²) in [4.78, 5) is 13.4. The van der Waals surface area contributed by atoms with E-state index in [9.17, 15) is 4.79 Å². The molecule has 17 heavy (non-hydrogen) atoms. The molecule has 3 N–H and O–H groups in total. The molecule has 1 aliphatic heterocycles. The number of fused-ring (bicyclic) bond motifs is 1. The van der Waals surface area contributed by atoms with Crippen molar-refractivity contribution < 1.29 is 9.90 Å². The first-order chi connectivity index (χ1) is 7.74. The van der Waals surface area contributed by atoms with Crippen molar-refractivity contribution in [2.75, 3.05) is 26.7 Å². The maximum Gasteiger partial charge on any atom is 0.274 e. The van der Waals surface area contributed by atoms with E-state index in [1.165, 1.54) is 4.90 Å². The Hall–Kier alpha value is -1.11. The first-order valence-electron chi connectivity index (χ1n) is 5.37. The van der Waals surface area contributed by atoms with Gasteiger partial charge in [0.2, 0.25) is 0 Å². The van der Waals surface area contributed by atoms with Gasteiger partial charge < -0.3 is 15.3 Å². The van der Waals surface area contributed by atoms with E-state index in [4.69, 9.17) is 5.11 Å². The SMILES string of the molecule is CN(CCO)C(=O)c1n[nH]c2c1CNCC2.Cl. The lowest BCUT2D eigenvalue weighted by Gasteiger charge is -2.17. The number of aromatic nitrogens is 2. The summed E-state index contributed by atoms with van der Waals surface area (Å²) in [6.07, 6.45) is 0.874. The van der Waals surface area contributed by atoms with Crippen molar-refractivity contribution in [3.05, 3.63) is 17.0 Å². The van der Waals surface area contributed by atoms with Crippen molar-refractivity contribution in [2.45, 2.75) is 13.0 Å². The van der Waals surface area contributed by atoms with Crippen LogP contribution in [-0.2, 0) is 13.0 Å². The smallest absolute Gasteiger partial charge is 0.274 e. The molecule has 0 spiro atoms. The zero-order chi connectivity index (χ0) is 11.5. The number of amides is 1. The van der Waals surface area contributed by atoms with Crippen molar-refractivity contribution in [1.82, 2.24) is 20.4 Å². The van der Waals surface area contributed by atoms with Crippen molar-refractivity contribution in [3.63, 3.8) is 0 Å². The molecule has 96 valence electrons. The summed E-state index contributed by atoms with van der Waals surface area (Å²) in [5.41, 5.74) is 2.47. The Morgan fingerprint density at radius 2 is 2.35 bits per heavy atom. The normalized spacial score (nSPS) is 13.8. The molecular weight excluding hydrogens is 244 g/mol. The number of aliphatic hydroxyl groups excluding tert-OH is 1. The second-order valence-electron chi connectivity index (χ2n) is 3.91. The van der Waals surface area contributed by atoms with Crippen LogP contribution in [0.3, 0.4) is 0 Å². The van der Waals surface area contributed by atoms with Crippen LogP contribution in [-0.4, -0.2) is 52.9 Å². The van der Waals surface area contributed by atoms with Crippen LogP contribution in [0.1, 0.15) is 21.7 Å². The van der Waals surface area contributed by atoms with E-state index in [1.54, 1.807) is 7.05 Å². The highest BCUT2D eigenvalue weighted by Gasteiger charge is 2.23. The van der Waals surface area contributed by atoms with Gasteiger partial charge in [0.05, 0.1) is 6.61 Å². The zero-order valence-corrected chi connectivity index (χ0v) is 10.5. The summed E-state index contributed by atoms with van der Waals surface area (Å²) in [6.45, 7) is 1.89. The molecule has 0 saturated carbocycles. The zero-order valence-electron chi connectivity index (χ0n) is 9.69. The highest BCUT2D eigenvalue weighted by Crippen LogP contribution is 2.16. The lowest BCUT2D eigenvalue weighted by atomic mass is 10.1. The number of aliphatic hydroxyl groups is 1. The van der Waals surface area contributed by atoms with Gasteiger partial charge in [0.15, 0.2) is 5.69 Å². The number of nitrogens with zero attached hydrogens (tertiary/aromatic N) is 2. The maximum atomic E-state index is 12.0. The largest absolute Gasteiger partial charge is 0.395 e. The second kappa shape index (κ2) is 6.00. The summed E-state index contributed by atoms with van der Waals surface area (Å²) in [5.74, 6) is -0.143. The molecule has 1 aromatic rings. The monoisotopic (exact) mass is 260 g/mol. The molecule has 0 atom stereocenters. The van der Waals surface area contributed by atoms with E-state index in [-0.39, 0.29) is 24.9 Å². The molecule has 1 amide bonds. The van der Waals surface area contributed by atoms with Crippen LogP contribution in [0.5, 0.6) is 0 Å². The van der Waals surface area contributed by atoms with Crippen LogP contribution >= 0.6 is 12.4 Å². The summed E-state index contributed by atoms with van der Waals surface area (Å²) >= 11 is 0. The number of aromatic amines is 1. The molecule has 2 rings (SSSR count). The molecule has 1 aromatic heterocycles. The number of carbonyl (C=O) groups is 1. The molecule has 7 heteroatoms. The molecule has 0 radical (unpaired) electrons. The Kier molecular flexibility index (Phi) is 4.92. The first kappa shape index (κ1) is 14.0. The van der Waals surface area contributed by atoms with E-state index < -0.39 is 0 Å². The lowest BCUT2D eigenvalue weighted by molar-refractivity contribution is 0.0760. The third-order valence-electron chi connectivity index (χ3n) is 2.79. The summed E-state index contributed by atoms with van der Waals surface area (Å²) in [6, 6.07) is 0. The van der Waals surface area contributed by atoms with E-state index in [0.29, 0.717) is 18.8 Å². The summed E-state index contributed by atoms with van der Waals surface area (Å²) in [7, 11) is 1.66. The number of rotatable bonds is 3. The molecule has 1 aliphatic rings. The summed E-state index contributed by atoms with van der Waals surface area (Å²) in [5, 5.41) is 19.0. The minimum absolute atomic E-state index is 0. The van der Waals surface area contributed by atoms with Crippen LogP contribution < -0.4 is 5.32 Å². The van der Waals surface area contributed by atoms with Gasteiger partial charge >= 0.3 is 0 Å². The predicted octanol–water partition coefficient (Wildman–Crippen LogP) is -0.459. The lowest BCUT2D eigenvalue weighted by Crippen LogP contribution is -2.32. The fraction of sp³-hybridized carbons (Fsp3) is 0.600. The molecule has 6 nitrogen and oxygen atoms in total. The van der Waals surface area contributed by atoms with Gasteiger partial charge in [0.25, 0.3) is 5.91 Å². The van der Waals surface area contributed by atoms with Crippen LogP contribution in [0.25, 0.3) is 0 Å². The van der Waals surface area contributed by atoms with E-state index in [0.717, 1.165) is 24.2 Å². The average molecular weight is 261 g/mol. The van der Waals surface area contributed by atoms with E-state index in [1.807, 2.05) is 0 Å². The Morgan fingerprint density at radius 1 is 1.59 bits per heavy atom. The minimum Gasteiger partial charge on any atom is -0.395 e. The molecule has 2 heterocycles. The fourth-order valence-electron chi connectivity index (χ4n) is 1.83. The first-order valence-corrected chi connectivity index (χ1v) is 5.37. The Balaban J connectivity index is 0.00000144. The Bertz CT molecular complexity index is 394. The predicted molar refractivity (Wildman–Crippen MR) is 65.3 cm³/mol. The number of halogens is 1. The number of hydrogen-bond donors (Lipinski definition) is 3. The highest BCUT2D eigenvalue weighted by molar-refractivity contribution is 5.93. The minimum atomic E-state index is -0.143. The van der Waals surface area contributed by atoms with Gasteiger partial charge in [0.1, 0.15) is 0 Å². The Morgan fingerprint density at radius 3 is 3.06 bits per heavy atom. The maximum absolute atomic E-state index is 12.0. The molecule has 0 aromatic carbocycles. The molecule has 0 unspecified atom stereocenters. The quantitative estimate of drug-likeness (QED) is 0.687. The fourth-order valence-corrected chi connectivity index (χ4v) is 1.83. The number of carbonyl (C=O) groups excluding carboxylic acids is 1. The Labute approximate surface area is 106 Å². The van der Waals surface area contributed by atoms with Gasteiger partial charge in [-0.2, -0.15) is 5.10 Å². The summed E-state index contributed by atoms with van der Waals surface area (Å²) < 4.78 is 0. The molecule has 0 saturated heterocycles. The van der Waals surface area contributed by atoms with Crippen molar-refractivity contribution in [3.8, 4) is 0 Å². The van der Waals surface area contributed by atoms with Gasteiger partial charge in [-0.3, -0.25) is 9.89 Å². The van der Waals surface area contributed by atoms with Crippen molar-refractivity contribution in [2.24, 2.45) is 0 Å². The van der Waals surface area contributed by atoms with Gasteiger partial charge in [-0.15, -0.1) is 12.4 Å². The number of likely N-dealkylation sites (N-methyl/N-ethyl adjacent to an activating group) is 1. The van der Waals surface area contributed by atoms with Gasteiger partial charge in [-0.25, -0.2) is 0 Å². The van der Waals surface area contributed by atoms with Crippen LogP contribution in [0.2, 0.25) is 0 Å². The van der Waals surface area contributed by atoms with Crippen LogP contribution in [0, 0.1) is 0 Å². The molecule has 0 aliphatic carbocycles. The second-order valence-corrected chi connectivity index (χ2v) is 3.91. The number of nitrogens with one attached hydrogen (secondary N) is 2. The van der Waals surface area contributed by atoms with Crippen molar-refractivity contribution >= 4 is 18.3 Å². The van der Waals surface area contributed by atoms with Gasteiger partial charge in [0, 0.05) is 44.4 Å². The van der Waals surface area contributed by atoms with Crippen LogP contribution in [0.15, 0.2) is 0 Å². The van der Waals surface area contributed by atoms with Crippen molar-refractivity contribution in [1.29, 1.82) is 0 Å². The standard InChI is InChI=1S/C10H16N4O2.ClH/c1-14(4-5-15)10(16)9-7-6-11-3-2-8(7)12-13-9;/h11,15H,2-6H2,1H3,(H,12,13);1H. The van der Waals surface area contributed by atoms with Gasteiger partial charge in [-0.1, -0.05) is 0 Å². The molecular formula is C10H17ClN4O2. The topological polar surface area (TPSA) is 81.2 Å². The molecule has 0 bridgehead atoms. The van der Waals surface area contributed by atoms with Crippen LogP contribution in [0.4, 0.5) is 0 Å². The number of hydrogen-bond acceptors (Lipinski definition) is 4. The van der Waals surface area contributed by atoms with Gasteiger partial charge in [-0.05, 0) is 0 Å². The third-order valence-corrected chi connectivity index (χ3v) is 2.79. The van der Waals surface area contributed by atoms with E-state index in [2.05, 4.69) is 15.5 Å². The highest BCUT2D eigenvalue weighted by atomic mass is 35.5. The average Bonchev–Trinajstić information content (AvgIpc) is 2.72. The molecule has 0 fully saturated rings. The number of H-pyrrole nitrogens is 1. The third kappa shape index (κ3) is 2.77.